The molecule has 6 nitrogen and oxygen atoms in total. The van der Waals surface area contributed by atoms with Crippen molar-refractivity contribution in [1.29, 1.82) is 0 Å². The van der Waals surface area contributed by atoms with Crippen LogP contribution in [0.15, 0.2) is 48.5 Å². The zero-order chi connectivity index (χ0) is 20.8. The quantitative estimate of drug-likeness (QED) is 0.729. The molecule has 2 aromatic rings. The van der Waals surface area contributed by atoms with Gasteiger partial charge in [0.15, 0.2) is 5.78 Å². The van der Waals surface area contributed by atoms with Gasteiger partial charge in [0.05, 0.1) is 25.9 Å². The second-order valence-corrected chi connectivity index (χ2v) is 7.49. The van der Waals surface area contributed by atoms with Gasteiger partial charge >= 0.3 is 0 Å². The molecule has 3 rings (SSSR count). The molecular weight excluding hydrogens is 368 g/mol. The maximum Gasteiger partial charge on any atom is 0.251 e. The summed E-state index contributed by atoms with van der Waals surface area (Å²) in [6.45, 7) is 6.60. The summed E-state index contributed by atoms with van der Waals surface area (Å²) in [5, 5.41) is 2.72. The number of carbonyl (C=O) groups excluding carboxylic acids is 2. The molecule has 2 atom stereocenters. The molecule has 0 aromatic heterocycles. The van der Waals surface area contributed by atoms with Crippen LogP contribution in [-0.2, 0) is 11.3 Å². The van der Waals surface area contributed by atoms with Crippen molar-refractivity contribution in [3.05, 3.63) is 65.2 Å². The Morgan fingerprint density at radius 1 is 1.07 bits per heavy atom. The van der Waals surface area contributed by atoms with E-state index >= 15 is 0 Å². The van der Waals surface area contributed by atoms with E-state index in [1.807, 2.05) is 18.2 Å². The van der Waals surface area contributed by atoms with Gasteiger partial charge in [-0.2, -0.15) is 0 Å². The highest BCUT2D eigenvalue weighted by atomic mass is 16.5. The van der Waals surface area contributed by atoms with E-state index in [0.717, 1.165) is 25.2 Å². The molecule has 154 valence electrons. The minimum atomic E-state index is -0.258. The van der Waals surface area contributed by atoms with Crippen LogP contribution < -0.4 is 10.1 Å². The largest absolute Gasteiger partial charge is 0.497 e. The molecule has 0 saturated carbocycles. The van der Waals surface area contributed by atoms with Crippen molar-refractivity contribution < 1.29 is 19.1 Å². The van der Waals surface area contributed by atoms with E-state index in [4.69, 9.17) is 9.47 Å². The van der Waals surface area contributed by atoms with Gasteiger partial charge in [-0.25, -0.2) is 0 Å². The highest BCUT2D eigenvalue weighted by Gasteiger charge is 2.22. The topological polar surface area (TPSA) is 67.9 Å². The number of rotatable bonds is 7. The first kappa shape index (κ1) is 21.0. The van der Waals surface area contributed by atoms with Crippen LogP contribution in [0.25, 0.3) is 0 Å². The van der Waals surface area contributed by atoms with E-state index < -0.39 is 0 Å². The van der Waals surface area contributed by atoms with E-state index in [1.54, 1.807) is 37.4 Å². The normalized spacial score (nSPS) is 19.6. The van der Waals surface area contributed by atoms with Gasteiger partial charge < -0.3 is 14.8 Å². The third-order valence-electron chi connectivity index (χ3n) is 4.89. The van der Waals surface area contributed by atoms with Gasteiger partial charge in [0.2, 0.25) is 0 Å². The molecule has 1 aliphatic heterocycles. The number of hydrogen-bond acceptors (Lipinski definition) is 5. The van der Waals surface area contributed by atoms with Crippen LogP contribution in [0.1, 0.15) is 40.1 Å². The monoisotopic (exact) mass is 396 g/mol. The highest BCUT2D eigenvalue weighted by Crippen LogP contribution is 2.16. The molecule has 0 aliphatic carbocycles. The number of nitrogens with zero attached hydrogens (tertiary/aromatic N) is 1. The number of morpholine rings is 1. The van der Waals surface area contributed by atoms with E-state index in [0.29, 0.717) is 16.9 Å². The van der Waals surface area contributed by atoms with Gasteiger partial charge in [0.25, 0.3) is 5.91 Å². The van der Waals surface area contributed by atoms with E-state index in [2.05, 4.69) is 24.1 Å². The van der Waals surface area contributed by atoms with Crippen molar-refractivity contribution >= 4 is 11.7 Å². The van der Waals surface area contributed by atoms with E-state index in [9.17, 15) is 9.59 Å². The standard InChI is InChI=1S/C23H28N2O4/c1-16-13-25(14-17(2)29-16)15-18-6-4-8-20(10-18)23(27)24-12-22(26)19-7-5-9-21(11-19)28-3/h4-11,16-17H,12-15H2,1-3H3,(H,24,27). The molecule has 1 N–H and O–H groups in total. The first-order valence-electron chi connectivity index (χ1n) is 9.87. The van der Waals surface area contributed by atoms with Gasteiger partial charge in [-0.15, -0.1) is 0 Å². The summed E-state index contributed by atoms with van der Waals surface area (Å²) in [5.74, 6) is 0.193. The molecule has 1 saturated heterocycles. The van der Waals surface area contributed by atoms with Gasteiger partial charge in [0.1, 0.15) is 5.75 Å². The van der Waals surface area contributed by atoms with Crippen molar-refractivity contribution in [2.24, 2.45) is 0 Å². The zero-order valence-corrected chi connectivity index (χ0v) is 17.2. The summed E-state index contributed by atoms with van der Waals surface area (Å²) in [5.41, 5.74) is 2.13. The van der Waals surface area contributed by atoms with Gasteiger partial charge in [-0.1, -0.05) is 24.3 Å². The fraction of sp³-hybridized carbons (Fsp3) is 0.391. The number of Topliss-reactive ketones (excluding diaryl/α,β-unsaturated/α-hetero) is 1. The maximum atomic E-state index is 12.5. The number of benzene rings is 2. The molecule has 1 heterocycles. The Morgan fingerprint density at radius 3 is 2.48 bits per heavy atom. The van der Waals surface area contributed by atoms with Crippen molar-refractivity contribution in [2.75, 3.05) is 26.7 Å². The second-order valence-electron chi connectivity index (χ2n) is 7.49. The molecule has 6 heteroatoms. The Labute approximate surface area is 171 Å². The second kappa shape index (κ2) is 9.67. The summed E-state index contributed by atoms with van der Waals surface area (Å²) in [6, 6.07) is 14.4. The summed E-state index contributed by atoms with van der Waals surface area (Å²) in [4.78, 5) is 27.2. The number of nitrogens with one attached hydrogen (secondary N) is 1. The average Bonchev–Trinajstić information content (AvgIpc) is 2.71. The van der Waals surface area contributed by atoms with Crippen LogP contribution in [0.3, 0.4) is 0 Å². The first-order chi connectivity index (χ1) is 13.9. The number of ketones is 1. The van der Waals surface area contributed by atoms with Crippen LogP contribution in [-0.4, -0.2) is 55.5 Å². The summed E-state index contributed by atoms with van der Waals surface area (Å²) < 4.78 is 10.9. The van der Waals surface area contributed by atoms with Crippen LogP contribution in [0.5, 0.6) is 5.75 Å². The lowest BCUT2D eigenvalue weighted by molar-refractivity contribution is -0.0704. The predicted octanol–water partition coefficient (Wildman–Crippen LogP) is 2.92. The predicted molar refractivity (Wildman–Crippen MR) is 111 cm³/mol. The third kappa shape index (κ3) is 5.89. The summed E-state index contributed by atoms with van der Waals surface area (Å²) in [7, 11) is 1.55. The summed E-state index contributed by atoms with van der Waals surface area (Å²) in [6.07, 6.45) is 0.403. The smallest absolute Gasteiger partial charge is 0.251 e. The molecule has 0 radical (unpaired) electrons. The first-order valence-corrected chi connectivity index (χ1v) is 9.87. The summed E-state index contributed by atoms with van der Waals surface area (Å²) >= 11 is 0. The van der Waals surface area contributed by atoms with Crippen LogP contribution in [0.4, 0.5) is 0 Å². The van der Waals surface area contributed by atoms with E-state index in [1.165, 1.54) is 0 Å². The fourth-order valence-corrected chi connectivity index (χ4v) is 3.64. The lowest BCUT2D eigenvalue weighted by Gasteiger charge is -2.35. The van der Waals surface area contributed by atoms with Crippen LogP contribution in [0.2, 0.25) is 0 Å². The minimum absolute atomic E-state index is 0.0608. The molecule has 0 spiro atoms. The molecule has 29 heavy (non-hydrogen) atoms. The Kier molecular flexibility index (Phi) is 7.01. The average molecular weight is 396 g/mol. The van der Waals surface area contributed by atoms with Crippen molar-refractivity contribution in [1.82, 2.24) is 10.2 Å². The third-order valence-corrected chi connectivity index (χ3v) is 4.89. The minimum Gasteiger partial charge on any atom is -0.497 e. The van der Waals surface area contributed by atoms with Crippen LogP contribution >= 0.6 is 0 Å². The molecule has 2 unspecified atom stereocenters. The Hall–Kier alpha value is -2.70. The number of amides is 1. The van der Waals surface area contributed by atoms with E-state index in [-0.39, 0.29) is 30.4 Å². The number of methoxy groups -OCH3 is 1. The zero-order valence-electron chi connectivity index (χ0n) is 17.2. The van der Waals surface area contributed by atoms with Crippen molar-refractivity contribution in [2.45, 2.75) is 32.6 Å². The van der Waals surface area contributed by atoms with Crippen molar-refractivity contribution in [3.63, 3.8) is 0 Å². The maximum absolute atomic E-state index is 12.5. The molecule has 1 aliphatic rings. The molecular formula is C23H28N2O4. The SMILES string of the molecule is COc1cccc(C(=O)CNC(=O)c2cccc(CN3CC(C)OC(C)C3)c2)c1. The van der Waals surface area contributed by atoms with Gasteiger partial charge in [0, 0.05) is 30.8 Å². The lowest BCUT2D eigenvalue weighted by atomic mass is 10.1. The Balaban J connectivity index is 1.58. The Bertz CT molecular complexity index is 857. The Morgan fingerprint density at radius 2 is 1.76 bits per heavy atom. The van der Waals surface area contributed by atoms with Gasteiger partial charge in [-0.05, 0) is 43.7 Å². The molecule has 1 fully saturated rings. The lowest BCUT2D eigenvalue weighted by Crippen LogP contribution is -2.44. The number of hydrogen-bond donors (Lipinski definition) is 1. The number of carbonyl (C=O) groups is 2. The molecule has 1 amide bonds. The van der Waals surface area contributed by atoms with Crippen LogP contribution in [0, 0.1) is 0 Å². The van der Waals surface area contributed by atoms with Gasteiger partial charge in [-0.3, -0.25) is 14.5 Å². The van der Waals surface area contributed by atoms with Crippen molar-refractivity contribution in [3.8, 4) is 5.75 Å². The number of ether oxygens (including phenoxy) is 2. The molecule has 0 bridgehead atoms. The molecule has 2 aromatic carbocycles. The fourth-order valence-electron chi connectivity index (χ4n) is 3.64. The highest BCUT2D eigenvalue weighted by molar-refractivity contribution is 6.02.